The van der Waals surface area contributed by atoms with Crippen LogP contribution in [-0.4, -0.2) is 95.4 Å². The van der Waals surface area contributed by atoms with Gasteiger partial charge < -0.3 is 23.6 Å². The molecule has 0 aliphatic rings. The molecule has 0 fully saturated rings. The van der Waals surface area contributed by atoms with Gasteiger partial charge >= 0.3 is 8.56 Å². The van der Waals surface area contributed by atoms with E-state index < -0.39 is 8.56 Å². The Labute approximate surface area is 190 Å². The third-order valence-corrected chi connectivity index (χ3v) is 8.94. The second kappa shape index (κ2) is 19.7. The molecule has 0 aliphatic heterocycles. The Kier molecular flexibility index (Phi) is 19.7. The topological polar surface area (TPSA) is 28.2 Å². The van der Waals surface area contributed by atoms with E-state index in [1.54, 1.807) is 0 Å². The maximum absolute atomic E-state index is 6.04. The minimum absolute atomic E-state index is 0.765. The summed E-state index contributed by atoms with van der Waals surface area (Å²) >= 11 is 0. The summed E-state index contributed by atoms with van der Waals surface area (Å²) in [5.74, 6) is 0. The molecule has 182 valence electrons. The van der Waals surface area contributed by atoms with Crippen molar-refractivity contribution >= 4 is 8.56 Å². The molecule has 0 bridgehead atoms. The Balaban J connectivity index is 4.60. The van der Waals surface area contributed by atoms with Crippen LogP contribution in [0.5, 0.6) is 0 Å². The first-order chi connectivity index (χ1) is 14.5. The summed E-state index contributed by atoms with van der Waals surface area (Å²) in [5, 5.41) is 0. The molecule has 0 radical (unpaired) electrons. The lowest BCUT2D eigenvalue weighted by Gasteiger charge is -2.29. The van der Waals surface area contributed by atoms with Gasteiger partial charge in [0.05, 0.1) is 0 Å². The molecule has 30 heavy (non-hydrogen) atoms. The Morgan fingerprint density at radius 2 is 0.933 bits per heavy atom. The van der Waals surface area contributed by atoms with Crippen molar-refractivity contribution in [3.8, 4) is 0 Å². The van der Waals surface area contributed by atoms with Gasteiger partial charge in [-0.15, -0.1) is 0 Å². The minimum Gasteiger partial charge on any atom is -0.395 e. The molecule has 0 N–H and O–H groups in total. The van der Waals surface area contributed by atoms with E-state index in [0.717, 1.165) is 19.3 Å². The molecule has 0 saturated heterocycles. The third kappa shape index (κ3) is 14.9. The second-order valence-electron chi connectivity index (χ2n) is 8.52. The van der Waals surface area contributed by atoms with Gasteiger partial charge in [-0.1, -0.05) is 27.7 Å². The van der Waals surface area contributed by atoms with E-state index in [9.17, 15) is 0 Å². The van der Waals surface area contributed by atoms with Gasteiger partial charge in [0.25, 0.3) is 0 Å². The van der Waals surface area contributed by atoms with Gasteiger partial charge in [0.15, 0.2) is 0 Å². The summed E-state index contributed by atoms with van der Waals surface area (Å²) in [7, 11) is -1.99. The van der Waals surface area contributed by atoms with Crippen molar-refractivity contribution in [1.29, 1.82) is 0 Å². The highest BCUT2D eigenvalue weighted by Gasteiger charge is 2.30. The lowest BCUT2D eigenvalue weighted by atomic mass is 10.2. The molecule has 0 aromatic rings. The van der Waals surface area contributed by atoms with Gasteiger partial charge in [-0.25, -0.2) is 0 Å². The van der Waals surface area contributed by atoms with Crippen LogP contribution in [0.3, 0.4) is 0 Å². The van der Waals surface area contributed by atoms with Gasteiger partial charge in [0.1, 0.15) is 0 Å². The fourth-order valence-corrected chi connectivity index (χ4v) is 6.67. The van der Waals surface area contributed by atoms with Crippen LogP contribution >= 0.6 is 0 Å². The SMILES string of the molecule is CCCN(CC)CCCN(CCCN(CC)CCC)CCC[Si](C)(OCC)OCC. The van der Waals surface area contributed by atoms with Crippen LogP contribution in [0.2, 0.25) is 12.6 Å². The van der Waals surface area contributed by atoms with Crippen molar-refractivity contribution in [2.75, 3.05) is 72.1 Å². The van der Waals surface area contributed by atoms with Crippen LogP contribution in [0.15, 0.2) is 0 Å². The number of rotatable bonds is 22. The average molecular weight is 446 g/mol. The third-order valence-electron chi connectivity index (χ3n) is 5.88. The predicted molar refractivity (Wildman–Crippen MR) is 135 cm³/mol. The highest BCUT2D eigenvalue weighted by Crippen LogP contribution is 2.16. The molecular formula is C24H55N3O2Si. The lowest BCUT2D eigenvalue weighted by molar-refractivity contribution is 0.182. The molecule has 0 rings (SSSR count). The molecular weight excluding hydrogens is 390 g/mol. The standard InChI is InChI=1S/C24H55N3O2Si/c1-8-17-25(10-3)19-14-21-27(22-15-20-26(11-4)18-9-2)23-16-24-30(7,28-12-5)29-13-6/h8-24H2,1-7H3. The van der Waals surface area contributed by atoms with E-state index in [4.69, 9.17) is 8.85 Å². The summed E-state index contributed by atoms with van der Waals surface area (Å²) in [4.78, 5) is 7.88. The maximum Gasteiger partial charge on any atom is 0.334 e. The molecule has 0 spiro atoms. The summed E-state index contributed by atoms with van der Waals surface area (Å²) in [6.07, 6.45) is 6.22. The zero-order valence-electron chi connectivity index (χ0n) is 21.7. The number of hydrogen-bond acceptors (Lipinski definition) is 5. The highest BCUT2D eigenvalue weighted by atomic mass is 28.4. The van der Waals surface area contributed by atoms with E-state index in [2.05, 4.69) is 62.8 Å². The molecule has 0 aliphatic carbocycles. The van der Waals surface area contributed by atoms with E-state index in [0.29, 0.717) is 0 Å². The summed E-state index contributed by atoms with van der Waals surface area (Å²) in [6.45, 7) is 27.9. The van der Waals surface area contributed by atoms with Gasteiger partial charge in [0, 0.05) is 13.2 Å². The van der Waals surface area contributed by atoms with E-state index in [-0.39, 0.29) is 0 Å². The minimum atomic E-state index is -1.99. The molecule has 0 aromatic carbocycles. The fourth-order valence-electron chi connectivity index (χ4n) is 4.28. The normalized spacial score (nSPS) is 12.6. The predicted octanol–water partition coefficient (Wildman–Crippen LogP) is 5.07. The first kappa shape index (κ1) is 30.0. The van der Waals surface area contributed by atoms with Gasteiger partial charge in [-0.05, 0) is 117 Å². The molecule has 0 atom stereocenters. The van der Waals surface area contributed by atoms with Crippen LogP contribution in [0.25, 0.3) is 0 Å². The Morgan fingerprint density at radius 1 is 0.533 bits per heavy atom. The first-order valence-corrected chi connectivity index (χ1v) is 15.5. The molecule has 6 heteroatoms. The van der Waals surface area contributed by atoms with Crippen molar-refractivity contribution in [2.45, 2.75) is 86.2 Å². The van der Waals surface area contributed by atoms with Crippen molar-refractivity contribution in [2.24, 2.45) is 0 Å². The largest absolute Gasteiger partial charge is 0.395 e. The maximum atomic E-state index is 6.04. The summed E-state index contributed by atoms with van der Waals surface area (Å²) in [6, 6.07) is 1.10. The van der Waals surface area contributed by atoms with Crippen LogP contribution in [0.4, 0.5) is 0 Å². The smallest absolute Gasteiger partial charge is 0.334 e. The monoisotopic (exact) mass is 445 g/mol. The Hall–Kier alpha value is 0.0169. The molecule has 5 nitrogen and oxygen atoms in total. The van der Waals surface area contributed by atoms with Gasteiger partial charge in [0.2, 0.25) is 0 Å². The van der Waals surface area contributed by atoms with Crippen LogP contribution < -0.4 is 0 Å². The van der Waals surface area contributed by atoms with Crippen molar-refractivity contribution in [3.05, 3.63) is 0 Å². The van der Waals surface area contributed by atoms with E-state index in [1.807, 2.05) is 0 Å². The number of hydrogen-bond donors (Lipinski definition) is 0. The highest BCUT2D eigenvalue weighted by molar-refractivity contribution is 6.66. The van der Waals surface area contributed by atoms with Gasteiger partial charge in [-0.2, -0.15) is 0 Å². The average Bonchev–Trinajstić information content (AvgIpc) is 2.72. The van der Waals surface area contributed by atoms with Gasteiger partial charge in [-0.3, -0.25) is 0 Å². The lowest BCUT2D eigenvalue weighted by Crippen LogP contribution is -2.40. The van der Waals surface area contributed by atoms with E-state index >= 15 is 0 Å². The molecule has 0 unspecified atom stereocenters. The van der Waals surface area contributed by atoms with Crippen LogP contribution in [0, 0.1) is 0 Å². The Morgan fingerprint density at radius 3 is 1.30 bits per heavy atom. The number of nitrogens with zero attached hydrogens (tertiary/aromatic N) is 3. The Bertz CT molecular complexity index is 348. The molecule has 0 saturated carbocycles. The molecule has 0 amide bonds. The first-order valence-electron chi connectivity index (χ1n) is 12.9. The molecule has 0 aromatic heterocycles. The fraction of sp³-hybridized carbons (Fsp3) is 1.00. The van der Waals surface area contributed by atoms with Crippen molar-refractivity contribution in [1.82, 2.24) is 14.7 Å². The van der Waals surface area contributed by atoms with E-state index in [1.165, 1.54) is 91.0 Å². The van der Waals surface area contributed by atoms with Crippen LogP contribution in [-0.2, 0) is 8.85 Å². The zero-order chi connectivity index (χ0) is 22.7. The van der Waals surface area contributed by atoms with Crippen molar-refractivity contribution in [3.63, 3.8) is 0 Å². The van der Waals surface area contributed by atoms with Crippen molar-refractivity contribution < 1.29 is 8.85 Å². The summed E-state index contributed by atoms with van der Waals surface area (Å²) in [5.41, 5.74) is 0. The quantitative estimate of drug-likeness (QED) is 0.217. The van der Waals surface area contributed by atoms with Crippen LogP contribution in [0.1, 0.15) is 73.6 Å². The zero-order valence-corrected chi connectivity index (χ0v) is 22.7. The summed E-state index contributed by atoms with van der Waals surface area (Å²) < 4.78 is 12.1. The second-order valence-corrected chi connectivity index (χ2v) is 11.9. The molecule has 0 heterocycles.